The molecule has 0 spiro atoms. The van der Waals surface area contributed by atoms with Gasteiger partial charge in [0.15, 0.2) is 0 Å². The summed E-state index contributed by atoms with van der Waals surface area (Å²) < 4.78 is 0.987. The Morgan fingerprint density at radius 3 is 2.50 bits per heavy atom. The first kappa shape index (κ1) is 15.0. The molecule has 0 aliphatic rings. The maximum absolute atomic E-state index is 9.52. The van der Waals surface area contributed by atoms with Crippen LogP contribution in [-0.2, 0) is 13.0 Å². The molecule has 2 rings (SSSR count). The lowest BCUT2D eigenvalue weighted by molar-refractivity contribution is 0.273. The van der Waals surface area contributed by atoms with E-state index in [1.165, 1.54) is 5.56 Å². The fraction of sp³-hybridized carbons (Fsp3) is 0.250. The average Bonchev–Trinajstić information content (AvgIpc) is 2.48. The quantitative estimate of drug-likeness (QED) is 0.761. The lowest BCUT2D eigenvalue weighted by Crippen LogP contribution is -2.26. The number of hydrogen-bond acceptors (Lipinski definition) is 3. The highest BCUT2D eigenvalue weighted by Gasteiger charge is 2.09. The van der Waals surface area contributed by atoms with Gasteiger partial charge in [0, 0.05) is 16.7 Å². The molecule has 106 valence electrons. The molecule has 0 heterocycles. The van der Waals surface area contributed by atoms with E-state index in [4.69, 9.17) is 5.73 Å². The normalized spacial score (nSPS) is 12.2. The van der Waals surface area contributed by atoms with Crippen molar-refractivity contribution in [2.45, 2.75) is 19.0 Å². The van der Waals surface area contributed by atoms with Gasteiger partial charge in [0.05, 0.1) is 12.6 Å². The Labute approximate surface area is 127 Å². The molecule has 1 unspecified atom stereocenters. The van der Waals surface area contributed by atoms with Crippen molar-refractivity contribution in [1.29, 1.82) is 0 Å². The maximum Gasteiger partial charge on any atom is 0.0636 e. The largest absolute Gasteiger partial charge is 0.394 e. The Hall–Kier alpha value is -1.36. The standard InChI is InChI=1S/C16H19BrN2O/c17-16-9-14(7-6-13(16)10-18)19-15(11-20)8-12-4-2-1-3-5-12/h1-7,9,15,19-20H,8,10-11,18H2. The third kappa shape index (κ3) is 4.07. The van der Waals surface area contributed by atoms with Gasteiger partial charge in [-0.1, -0.05) is 52.3 Å². The smallest absolute Gasteiger partial charge is 0.0636 e. The Morgan fingerprint density at radius 1 is 1.15 bits per heavy atom. The van der Waals surface area contributed by atoms with Gasteiger partial charge < -0.3 is 16.2 Å². The van der Waals surface area contributed by atoms with E-state index in [0.717, 1.165) is 22.1 Å². The van der Waals surface area contributed by atoms with E-state index in [0.29, 0.717) is 6.54 Å². The molecule has 0 aliphatic heterocycles. The minimum atomic E-state index is -0.00646. The summed E-state index contributed by atoms with van der Waals surface area (Å²) in [6.07, 6.45) is 0.785. The van der Waals surface area contributed by atoms with Crippen LogP contribution in [0.5, 0.6) is 0 Å². The van der Waals surface area contributed by atoms with E-state index in [-0.39, 0.29) is 12.6 Å². The molecule has 3 nitrogen and oxygen atoms in total. The van der Waals surface area contributed by atoms with Crippen LogP contribution < -0.4 is 11.1 Å². The average molecular weight is 335 g/mol. The van der Waals surface area contributed by atoms with Gasteiger partial charge in [-0.05, 0) is 29.7 Å². The van der Waals surface area contributed by atoms with Crippen LogP contribution in [0.3, 0.4) is 0 Å². The first-order chi connectivity index (χ1) is 9.72. The van der Waals surface area contributed by atoms with Crippen LogP contribution in [0.15, 0.2) is 53.0 Å². The molecule has 0 aromatic heterocycles. The molecule has 0 saturated heterocycles. The van der Waals surface area contributed by atoms with Gasteiger partial charge in [-0.15, -0.1) is 0 Å². The number of rotatable bonds is 6. The SMILES string of the molecule is NCc1ccc(NC(CO)Cc2ccccc2)cc1Br. The number of nitrogens with two attached hydrogens (primary N) is 1. The lowest BCUT2D eigenvalue weighted by Gasteiger charge is -2.18. The van der Waals surface area contributed by atoms with Gasteiger partial charge in [0.1, 0.15) is 0 Å². The Balaban J connectivity index is 2.04. The fourth-order valence-electron chi connectivity index (χ4n) is 2.10. The number of halogens is 1. The van der Waals surface area contributed by atoms with E-state index >= 15 is 0 Å². The second-order valence-electron chi connectivity index (χ2n) is 4.72. The molecule has 0 fully saturated rings. The van der Waals surface area contributed by atoms with Gasteiger partial charge in [0.2, 0.25) is 0 Å². The summed E-state index contributed by atoms with van der Waals surface area (Å²) in [6.45, 7) is 0.597. The van der Waals surface area contributed by atoms with Crippen molar-refractivity contribution in [3.8, 4) is 0 Å². The van der Waals surface area contributed by atoms with Crippen molar-refractivity contribution in [2.75, 3.05) is 11.9 Å². The van der Waals surface area contributed by atoms with Crippen LogP contribution in [0.4, 0.5) is 5.69 Å². The maximum atomic E-state index is 9.52. The van der Waals surface area contributed by atoms with Gasteiger partial charge >= 0.3 is 0 Å². The third-order valence-electron chi connectivity index (χ3n) is 3.19. The minimum Gasteiger partial charge on any atom is -0.394 e. The monoisotopic (exact) mass is 334 g/mol. The molecule has 0 amide bonds. The van der Waals surface area contributed by atoms with E-state index < -0.39 is 0 Å². The highest BCUT2D eigenvalue weighted by atomic mass is 79.9. The summed E-state index contributed by atoms with van der Waals surface area (Å²) in [5, 5.41) is 12.9. The second kappa shape index (κ2) is 7.43. The number of anilines is 1. The molecule has 0 saturated carbocycles. The summed E-state index contributed by atoms with van der Waals surface area (Å²) >= 11 is 3.50. The van der Waals surface area contributed by atoms with Gasteiger partial charge in [-0.3, -0.25) is 0 Å². The van der Waals surface area contributed by atoms with Crippen molar-refractivity contribution in [2.24, 2.45) is 5.73 Å². The number of aliphatic hydroxyl groups is 1. The predicted octanol–water partition coefficient (Wildman–Crippen LogP) is 2.92. The predicted molar refractivity (Wildman–Crippen MR) is 86.7 cm³/mol. The van der Waals surface area contributed by atoms with Crippen LogP contribution in [-0.4, -0.2) is 17.8 Å². The number of benzene rings is 2. The van der Waals surface area contributed by atoms with Crippen molar-refractivity contribution >= 4 is 21.6 Å². The van der Waals surface area contributed by atoms with E-state index in [9.17, 15) is 5.11 Å². The van der Waals surface area contributed by atoms with E-state index in [1.807, 2.05) is 36.4 Å². The molecule has 0 bridgehead atoms. The molecule has 2 aromatic carbocycles. The Morgan fingerprint density at radius 2 is 1.90 bits per heavy atom. The summed E-state index contributed by atoms with van der Waals surface area (Å²) in [5.74, 6) is 0. The topological polar surface area (TPSA) is 58.3 Å². The second-order valence-corrected chi connectivity index (χ2v) is 5.58. The van der Waals surface area contributed by atoms with Gasteiger partial charge in [0.25, 0.3) is 0 Å². The third-order valence-corrected chi connectivity index (χ3v) is 3.93. The van der Waals surface area contributed by atoms with Crippen molar-refractivity contribution in [3.63, 3.8) is 0 Å². The zero-order valence-corrected chi connectivity index (χ0v) is 12.8. The molecule has 4 heteroatoms. The zero-order valence-electron chi connectivity index (χ0n) is 11.2. The van der Waals surface area contributed by atoms with Crippen LogP contribution in [0.2, 0.25) is 0 Å². The molecule has 0 radical (unpaired) electrons. The molecule has 20 heavy (non-hydrogen) atoms. The van der Waals surface area contributed by atoms with Crippen LogP contribution in [0, 0.1) is 0 Å². The highest BCUT2D eigenvalue weighted by Crippen LogP contribution is 2.22. The Bertz CT molecular complexity index is 545. The summed E-state index contributed by atoms with van der Waals surface area (Å²) in [5.41, 5.74) is 8.89. The minimum absolute atomic E-state index is 0.00646. The summed E-state index contributed by atoms with van der Waals surface area (Å²) in [4.78, 5) is 0. The number of hydrogen-bond donors (Lipinski definition) is 3. The lowest BCUT2D eigenvalue weighted by atomic mass is 10.1. The Kier molecular flexibility index (Phi) is 5.59. The zero-order chi connectivity index (χ0) is 14.4. The van der Waals surface area contributed by atoms with Crippen molar-refractivity contribution < 1.29 is 5.11 Å². The summed E-state index contributed by atoms with van der Waals surface area (Å²) in [6, 6.07) is 16.1. The summed E-state index contributed by atoms with van der Waals surface area (Å²) in [7, 11) is 0. The first-order valence-electron chi connectivity index (χ1n) is 6.62. The molecular formula is C16H19BrN2O. The van der Waals surface area contributed by atoms with Crippen LogP contribution in [0.25, 0.3) is 0 Å². The van der Waals surface area contributed by atoms with Crippen LogP contribution in [0.1, 0.15) is 11.1 Å². The van der Waals surface area contributed by atoms with Crippen molar-refractivity contribution in [3.05, 3.63) is 64.1 Å². The van der Waals surface area contributed by atoms with E-state index in [2.05, 4.69) is 33.4 Å². The number of nitrogens with one attached hydrogen (secondary N) is 1. The molecule has 4 N–H and O–H groups in total. The van der Waals surface area contributed by atoms with Gasteiger partial charge in [-0.2, -0.15) is 0 Å². The van der Waals surface area contributed by atoms with Gasteiger partial charge in [-0.25, -0.2) is 0 Å². The molecular weight excluding hydrogens is 316 g/mol. The van der Waals surface area contributed by atoms with Crippen LogP contribution >= 0.6 is 15.9 Å². The highest BCUT2D eigenvalue weighted by molar-refractivity contribution is 9.10. The fourth-order valence-corrected chi connectivity index (χ4v) is 2.64. The molecule has 1 atom stereocenters. The molecule has 2 aromatic rings. The van der Waals surface area contributed by atoms with Crippen molar-refractivity contribution in [1.82, 2.24) is 0 Å². The first-order valence-corrected chi connectivity index (χ1v) is 7.42. The van der Waals surface area contributed by atoms with E-state index in [1.54, 1.807) is 0 Å². The molecule has 0 aliphatic carbocycles. The number of aliphatic hydroxyl groups excluding tert-OH is 1.